The Labute approximate surface area is 143 Å². The minimum absolute atomic E-state index is 0. The van der Waals surface area contributed by atoms with E-state index in [-0.39, 0.29) is 36.7 Å². The first-order valence-corrected chi connectivity index (χ1v) is 7.67. The van der Waals surface area contributed by atoms with Crippen molar-refractivity contribution >= 4 is 30.3 Å². The van der Waals surface area contributed by atoms with Crippen LogP contribution in [0.5, 0.6) is 0 Å². The van der Waals surface area contributed by atoms with Crippen molar-refractivity contribution in [3.8, 4) is 0 Å². The van der Waals surface area contributed by atoms with Gasteiger partial charge in [0.15, 0.2) is 0 Å². The highest BCUT2D eigenvalue weighted by molar-refractivity contribution is 5.85. The maximum atomic E-state index is 12.2. The standard InChI is InChI=1S/C17H23N3O2.ClH/c1-3-18-9-10-19-17(22)12-16-15-7-5-4-6-14(15)8-11-20(16)13(2)21;/h4-8,11,16,18H,3,9-10,12H2,1-2H3,(H,19,22);1H. The third-order valence-corrected chi connectivity index (χ3v) is 3.72. The molecule has 1 aliphatic heterocycles. The van der Waals surface area contributed by atoms with Crippen LogP contribution in [0, 0.1) is 0 Å². The van der Waals surface area contributed by atoms with Gasteiger partial charge in [-0.25, -0.2) is 0 Å². The van der Waals surface area contributed by atoms with Crippen LogP contribution in [0.15, 0.2) is 30.5 Å². The van der Waals surface area contributed by atoms with Crippen molar-refractivity contribution in [1.82, 2.24) is 15.5 Å². The maximum Gasteiger partial charge on any atom is 0.223 e. The zero-order chi connectivity index (χ0) is 15.9. The average Bonchev–Trinajstić information content (AvgIpc) is 2.51. The number of rotatable bonds is 6. The van der Waals surface area contributed by atoms with E-state index in [1.165, 1.54) is 6.92 Å². The molecule has 0 bridgehead atoms. The van der Waals surface area contributed by atoms with Crippen LogP contribution in [-0.4, -0.2) is 36.3 Å². The molecule has 1 heterocycles. The van der Waals surface area contributed by atoms with Crippen molar-refractivity contribution < 1.29 is 9.59 Å². The Morgan fingerprint density at radius 2 is 1.96 bits per heavy atom. The van der Waals surface area contributed by atoms with Crippen LogP contribution < -0.4 is 10.6 Å². The second kappa shape index (κ2) is 9.33. The van der Waals surface area contributed by atoms with Crippen molar-refractivity contribution in [1.29, 1.82) is 0 Å². The minimum Gasteiger partial charge on any atom is -0.355 e. The summed E-state index contributed by atoms with van der Waals surface area (Å²) < 4.78 is 0. The quantitative estimate of drug-likeness (QED) is 0.781. The van der Waals surface area contributed by atoms with Gasteiger partial charge in [-0.2, -0.15) is 0 Å². The molecule has 1 aromatic rings. The highest BCUT2D eigenvalue weighted by atomic mass is 35.5. The zero-order valence-electron chi connectivity index (χ0n) is 13.5. The Morgan fingerprint density at radius 1 is 1.22 bits per heavy atom. The van der Waals surface area contributed by atoms with E-state index < -0.39 is 0 Å². The van der Waals surface area contributed by atoms with Crippen LogP contribution in [-0.2, 0) is 9.59 Å². The molecule has 1 aromatic carbocycles. The largest absolute Gasteiger partial charge is 0.355 e. The Bertz CT molecular complexity index is 575. The Balaban J connectivity index is 0.00000264. The van der Waals surface area contributed by atoms with Gasteiger partial charge in [0.1, 0.15) is 0 Å². The second-order valence-electron chi connectivity index (χ2n) is 5.29. The van der Waals surface area contributed by atoms with Crippen LogP contribution in [0.3, 0.4) is 0 Å². The van der Waals surface area contributed by atoms with Gasteiger partial charge in [0.25, 0.3) is 0 Å². The summed E-state index contributed by atoms with van der Waals surface area (Å²) in [4.78, 5) is 25.6. The molecule has 126 valence electrons. The highest BCUT2D eigenvalue weighted by Crippen LogP contribution is 2.32. The van der Waals surface area contributed by atoms with E-state index in [9.17, 15) is 9.59 Å². The number of halogens is 1. The molecule has 2 rings (SSSR count). The van der Waals surface area contributed by atoms with Crippen LogP contribution in [0.25, 0.3) is 6.08 Å². The third kappa shape index (κ3) is 5.08. The molecule has 5 nitrogen and oxygen atoms in total. The van der Waals surface area contributed by atoms with Crippen molar-refractivity contribution in [3.63, 3.8) is 0 Å². The van der Waals surface area contributed by atoms with E-state index in [0.29, 0.717) is 6.54 Å². The maximum absolute atomic E-state index is 12.2. The molecule has 0 fully saturated rings. The van der Waals surface area contributed by atoms with Gasteiger partial charge >= 0.3 is 0 Å². The molecule has 23 heavy (non-hydrogen) atoms. The number of likely N-dealkylation sites (N-methyl/N-ethyl adjacent to an activating group) is 1. The lowest BCUT2D eigenvalue weighted by atomic mass is 9.93. The molecular weight excluding hydrogens is 314 g/mol. The fraction of sp³-hybridized carbons (Fsp3) is 0.412. The van der Waals surface area contributed by atoms with Crippen LogP contribution in [0.2, 0.25) is 0 Å². The molecule has 1 unspecified atom stereocenters. The predicted molar refractivity (Wildman–Crippen MR) is 94.2 cm³/mol. The van der Waals surface area contributed by atoms with Gasteiger partial charge in [0.05, 0.1) is 12.5 Å². The summed E-state index contributed by atoms with van der Waals surface area (Å²) >= 11 is 0. The molecule has 0 saturated carbocycles. The molecular formula is C17H24ClN3O2. The van der Waals surface area contributed by atoms with Crippen molar-refractivity contribution in [2.45, 2.75) is 26.3 Å². The number of nitrogens with one attached hydrogen (secondary N) is 2. The van der Waals surface area contributed by atoms with Gasteiger partial charge in [-0.05, 0) is 23.7 Å². The van der Waals surface area contributed by atoms with Crippen molar-refractivity contribution in [3.05, 3.63) is 41.6 Å². The highest BCUT2D eigenvalue weighted by Gasteiger charge is 2.27. The number of hydrogen-bond donors (Lipinski definition) is 2. The summed E-state index contributed by atoms with van der Waals surface area (Å²) in [5.74, 6) is -0.101. The average molecular weight is 338 g/mol. The summed E-state index contributed by atoms with van der Waals surface area (Å²) in [6.45, 7) is 5.78. The summed E-state index contributed by atoms with van der Waals surface area (Å²) in [5.41, 5.74) is 2.08. The van der Waals surface area contributed by atoms with E-state index in [4.69, 9.17) is 0 Å². The van der Waals surface area contributed by atoms with Gasteiger partial charge in [0, 0.05) is 26.2 Å². The van der Waals surface area contributed by atoms with E-state index in [0.717, 1.165) is 24.2 Å². The number of nitrogens with zero attached hydrogens (tertiary/aromatic N) is 1. The SMILES string of the molecule is CCNCCNC(=O)CC1c2ccccc2C=CN1C(C)=O.Cl. The molecule has 0 radical (unpaired) electrons. The van der Waals surface area contributed by atoms with Crippen LogP contribution in [0.4, 0.5) is 0 Å². The van der Waals surface area contributed by atoms with Gasteiger partial charge in [-0.1, -0.05) is 31.2 Å². The fourth-order valence-corrected chi connectivity index (χ4v) is 2.63. The lowest BCUT2D eigenvalue weighted by molar-refractivity contribution is -0.129. The molecule has 0 aliphatic carbocycles. The molecule has 0 saturated heterocycles. The topological polar surface area (TPSA) is 61.4 Å². The second-order valence-corrected chi connectivity index (χ2v) is 5.29. The van der Waals surface area contributed by atoms with E-state index in [2.05, 4.69) is 10.6 Å². The number of carbonyl (C=O) groups is 2. The molecule has 6 heteroatoms. The van der Waals surface area contributed by atoms with E-state index >= 15 is 0 Å². The van der Waals surface area contributed by atoms with Gasteiger partial charge < -0.3 is 15.5 Å². The number of hydrogen-bond acceptors (Lipinski definition) is 3. The summed E-state index contributed by atoms with van der Waals surface area (Å²) in [5, 5.41) is 6.05. The Hall–Kier alpha value is -1.85. The van der Waals surface area contributed by atoms with Crippen LogP contribution >= 0.6 is 12.4 Å². The lowest BCUT2D eigenvalue weighted by Crippen LogP contribution is -2.37. The number of fused-ring (bicyclic) bond motifs is 1. The van der Waals surface area contributed by atoms with Crippen molar-refractivity contribution in [2.75, 3.05) is 19.6 Å². The molecule has 0 spiro atoms. The molecule has 1 atom stereocenters. The van der Waals surface area contributed by atoms with Gasteiger partial charge in [-0.3, -0.25) is 9.59 Å². The molecule has 1 aliphatic rings. The minimum atomic E-state index is -0.238. The lowest BCUT2D eigenvalue weighted by Gasteiger charge is -2.32. The summed E-state index contributed by atoms with van der Waals surface area (Å²) in [6, 6.07) is 7.63. The Kier molecular flexibility index (Phi) is 7.78. The van der Waals surface area contributed by atoms with Crippen molar-refractivity contribution in [2.24, 2.45) is 0 Å². The van der Waals surface area contributed by atoms with E-state index in [1.807, 2.05) is 37.3 Å². The summed E-state index contributed by atoms with van der Waals surface area (Å²) in [6.07, 6.45) is 3.95. The monoisotopic (exact) mass is 337 g/mol. The molecule has 0 aromatic heterocycles. The third-order valence-electron chi connectivity index (χ3n) is 3.72. The smallest absolute Gasteiger partial charge is 0.223 e. The van der Waals surface area contributed by atoms with Gasteiger partial charge in [0.2, 0.25) is 11.8 Å². The molecule has 2 N–H and O–H groups in total. The van der Waals surface area contributed by atoms with E-state index in [1.54, 1.807) is 11.1 Å². The Morgan fingerprint density at radius 3 is 2.65 bits per heavy atom. The summed E-state index contributed by atoms with van der Waals surface area (Å²) in [7, 11) is 0. The fourth-order valence-electron chi connectivity index (χ4n) is 2.63. The molecule has 2 amide bonds. The van der Waals surface area contributed by atoms with Gasteiger partial charge in [-0.15, -0.1) is 12.4 Å². The first-order valence-electron chi connectivity index (χ1n) is 7.67. The predicted octanol–water partition coefficient (Wildman–Crippen LogP) is 2.10. The number of amides is 2. The number of benzene rings is 1. The zero-order valence-corrected chi connectivity index (χ0v) is 14.4. The van der Waals surface area contributed by atoms with Crippen LogP contribution in [0.1, 0.15) is 37.4 Å². The normalized spacial score (nSPS) is 15.6. The first kappa shape index (κ1) is 19.2. The number of carbonyl (C=O) groups excluding carboxylic acids is 2. The first-order chi connectivity index (χ1) is 10.6.